The molecule has 2 amide bonds. The van der Waals surface area contributed by atoms with Crippen LogP contribution in [0.25, 0.3) is 0 Å². The van der Waals surface area contributed by atoms with Crippen LogP contribution >= 0.6 is 0 Å². The number of aromatic nitrogens is 2. The number of aryl methyl sites for hydroxylation is 2. The highest BCUT2D eigenvalue weighted by Crippen LogP contribution is 2.29. The van der Waals surface area contributed by atoms with E-state index < -0.39 is 5.92 Å². The molecule has 2 heterocycles. The van der Waals surface area contributed by atoms with E-state index in [-0.39, 0.29) is 24.2 Å². The van der Waals surface area contributed by atoms with Crippen molar-refractivity contribution in [3.05, 3.63) is 35.7 Å². The van der Waals surface area contributed by atoms with Crippen LogP contribution in [0.5, 0.6) is 11.8 Å². The fourth-order valence-electron chi connectivity index (χ4n) is 3.09. The summed E-state index contributed by atoms with van der Waals surface area (Å²) < 4.78 is 10.2. The molecule has 0 radical (unpaired) electrons. The lowest BCUT2D eigenvalue weighted by Gasteiger charge is -2.18. The summed E-state index contributed by atoms with van der Waals surface area (Å²) in [6.07, 6.45) is 0.151. The van der Waals surface area contributed by atoms with E-state index in [1.54, 1.807) is 31.9 Å². The van der Waals surface area contributed by atoms with Gasteiger partial charge in [-0.15, -0.1) is 0 Å². The van der Waals surface area contributed by atoms with Crippen LogP contribution < -0.4 is 19.7 Å². The molecule has 1 atom stereocenters. The predicted octanol–water partition coefficient (Wildman–Crippen LogP) is 2.10. The van der Waals surface area contributed by atoms with Crippen molar-refractivity contribution < 1.29 is 19.1 Å². The van der Waals surface area contributed by atoms with Crippen LogP contribution in [0.2, 0.25) is 0 Å². The number of carbonyl (C=O) groups is 2. The summed E-state index contributed by atoms with van der Waals surface area (Å²) in [5.74, 6) is -0.115. The molecular weight excluding hydrogens is 348 g/mol. The fourth-order valence-corrected chi connectivity index (χ4v) is 3.09. The van der Waals surface area contributed by atoms with E-state index in [1.807, 2.05) is 18.2 Å². The summed E-state index contributed by atoms with van der Waals surface area (Å²) >= 11 is 0. The second-order valence-corrected chi connectivity index (χ2v) is 6.35. The van der Waals surface area contributed by atoms with Gasteiger partial charge in [0.25, 0.3) is 0 Å². The molecule has 8 nitrogen and oxygen atoms in total. The lowest BCUT2D eigenvalue weighted by Crippen LogP contribution is -2.28. The van der Waals surface area contributed by atoms with Crippen molar-refractivity contribution >= 4 is 23.2 Å². The number of nitrogens with zero attached hydrogens (tertiary/aromatic N) is 3. The normalized spacial score (nSPS) is 16.4. The molecule has 8 heteroatoms. The van der Waals surface area contributed by atoms with Gasteiger partial charge in [0.15, 0.2) is 0 Å². The van der Waals surface area contributed by atoms with Crippen molar-refractivity contribution in [3.63, 3.8) is 0 Å². The molecule has 1 aliphatic rings. The summed E-state index contributed by atoms with van der Waals surface area (Å²) in [6, 6.07) is 7.48. The third-order valence-corrected chi connectivity index (χ3v) is 4.54. The Balaban J connectivity index is 1.74. The highest BCUT2D eigenvalue weighted by molar-refractivity contribution is 6.03. The topological polar surface area (TPSA) is 93.7 Å². The summed E-state index contributed by atoms with van der Waals surface area (Å²) in [5.41, 5.74) is 2.49. The van der Waals surface area contributed by atoms with Gasteiger partial charge in [0.1, 0.15) is 5.75 Å². The van der Waals surface area contributed by atoms with Gasteiger partial charge in [-0.3, -0.25) is 9.59 Å². The zero-order valence-corrected chi connectivity index (χ0v) is 15.8. The van der Waals surface area contributed by atoms with Crippen LogP contribution in [0.15, 0.2) is 24.3 Å². The number of amides is 2. The summed E-state index contributed by atoms with van der Waals surface area (Å²) in [4.78, 5) is 35.1. The van der Waals surface area contributed by atoms with Crippen LogP contribution in [-0.2, 0) is 9.59 Å². The number of carbonyl (C=O) groups excluding carboxylic acids is 2. The van der Waals surface area contributed by atoms with E-state index >= 15 is 0 Å². The minimum atomic E-state index is -0.454. The number of methoxy groups -OCH3 is 2. The quantitative estimate of drug-likeness (QED) is 0.866. The second kappa shape index (κ2) is 7.61. The van der Waals surface area contributed by atoms with Crippen LogP contribution in [0, 0.1) is 19.8 Å². The van der Waals surface area contributed by atoms with Gasteiger partial charge in [0.2, 0.25) is 11.8 Å². The highest BCUT2D eigenvalue weighted by atomic mass is 16.5. The first kappa shape index (κ1) is 18.6. The van der Waals surface area contributed by atoms with Crippen LogP contribution in [0.4, 0.5) is 11.4 Å². The Hall–Kier alpha value is -3.16. The Kier molecular flexibility index (Phi) is 5.25. The van der Waals surface area contributed by atoms with Gasteiger partial charge in [0, 0.05) is 24.7 Å². The third-order valence-electron chi connectivity index (χ3n) is 4.54. The van der Waals surface area contributed by atoms with Crippen LogP contribution in [-0.4, -0.2) is 42.5 Å². The van der Waals surface area contributed by atoms with Crippen molar-refractivity contribution in [2.75, 3.05) is 31.0 Å². The maximum atomic E-state index is 12.7. The molecule has 3 rings (SSSR count). The number of hydrogen-bond acceptors (Lipinski definition) is 6. The molecule has 0 aliphatic carbocycles. The number of nitrogens with one attached hydrogen (secondary N) is 1. The van der Waals surface area contributed by atoms with E-state index in [2.05, 4.69) is 15.3 Å². The molecule has 0 saturated carbocycles. The van der Waals surface area contributed by atoms with Crippen molar-refractivity contribution in [1.29, 1.82) is 0 Å². The Morgan fingerprint density at radius 3 is 2.52 bits per heavy atom. The third kappa shape index (κ3) is 3.84. The van der Waals surface area contributed by atoms with E-state index in [0.717, 1.165) is 5.69 Å². The first-order chi connectivity index (χ1) is 12.9. The minimum Gasteiger partial charge on any atom is -0.497 e. The average Bonchev–Trinajstić information content (AvgIpc) is 3.06. The average molecular weight is 370 g/mol. The van der Waals surface area contributed by atoms with Gasteiger partial charge < -0.3 is 19.7 Å². The molecule has 0 bridgehead atoms. The predicted molar refractivity (Wildman–Crippen MR) is 100 cm³/mol. The Bertz CT molecular complexity index is 861. The molecule has 1 saturated heterocycles. The number of rotatable bonds is 5. The van der Waals surface area contributed by atoms with Crippen molar-refractivity contribution in [1.82, 2.24) is 9.97 Å². The van der Waals surface area contributed by atoms with Crippen molar-refractivity contribution in [2.45, 2.75) is 20.3 Å². The Morgan fingerprint density at radius 1 is 1.19 bits per heavy atom. The summed E-state index contributed by atoms with van der Waals surface area (Å²) in [6.45, 7) is 3.86. The molecule has 1 N–H and O–H groups in total. The smallest absolute Gasteiger partial charge is 0.316 e. The molecule has 1 aromatic heterocycles. The number of anilines is 2. The lowest BCUT2D eigenvalue weighted by molar-refractivity contribution is -0.122. The first-order valence-corrected chi connectivity index (χ1v) is 8.57. The standard InChI is InChI=1S/C19H22N4O4/c1-11-17(12(2)21-19(20-11)27-4)22-18(25)13-8-16(24)23(10-13)14-6-5-7-15(9-14)26-3/h5-7,9,13H,8,10H2,1-4H3,(H,22,25). The Labute approximate surface area is 157 Å². The summed E-state index contributed by atoms with van der Waals surface area (Å²) in [5, 5.41) is 2.86. The number of benzene rings is 1. The monoisotopic (exact) mass is 370 g/mol. The Morgan fingerprint density at radius 2 is 1.89 bits per heavy atom. The van der Waals surface area contributed by atoms with E-state index in [1.165, 1.54) is 7.11 Å². The van der Waals surface area contributed by atoms with Gasteiger partial charge >= 0.3 is 6.01 Å². The zero-order chi connectivity index (χ0) is 19.6. The zero-order valence-electron chi connectivity index (χ0n) is 15.8. The molecular formula is C19H22N4O4. The number of ether oxygens (including phenoxy) is 2. The minimum absolute atomic E-state index is 0.0946. The van der Waals surface area contributed by atoms with Gasteiger partial charge in [0.05, 0.1) is 37.2 Å². The SMILES string of the molecule is COc1cccc(N2CC(C(=O)Nc3c(C)nc(OC)nc3C)CC2=O)c1. The van der Waals surface area contributed by atoms with Gasteiger partial charge in [-0.25, -0.2) is 0 Å². The van der Waals surface area contributed by atoms with Gasteiger partial charge in [-0.05, 0) is 26.0 Å². The van der Waals surface area contributed by atoms with Crippen molar-refractivity contribution in [3.8, 4) is 11.8 Å². The van der Waals surface area contributed by atoms with Crippen LogP contribution in [0.3, 0.4) is 0 Å². The molecule has 27 heavy (non-hydrogen) atoms. The van der Waals surface area contributed by atoms with Crippen molar-refractivity contribution in [2.24, 2.45) is 5.92 Å². The molecule has 1 unspecified atom stereocenters. The first-order valence-electron chi connectivity index (χ1n) is 8.57. The molecule has 142 valence electrons. The van der Waals surface area contributed by atoms with E-state index in [9.17, 15) is 9.59 Å². The maximum Gasteiger partial charge on any atom is 0.316 e. The lowest BCUT2D eigenvalue weighted by atomic mass is 10.1. The molecule has 1 aromatic carbocycles. The van der Waals surface area contributed by atoms with E-state index in [4.69, 9.17) is 9.47 Å². The van der Waals surface area contributed by atoms with E-state index in [0.29, 0.717) is 29.4 Å². The second-order valence-electron chi connectivity index (χ2n) is 6.35. The molecule has 1 aliphatic heterocycles. The van der Waals surface area contributed by atoms with Gasteiger partial charge in [-0.1, -0.05) is 6.07 Å². The fraction of sp³-hybridized carbons (Fsp3) is 0.368. The molecule has 0 spiro atoms. The molecule has 2 aromatic rings. The largest absolute Gasteiger partial charge is 0.497 e. The maximum absolute atomic E-state index is 12.7. The van der Waals surface area contributed by atoms with Crippen LogP contribution in [0.1, 0.15) is 17.8 Å². The van der Waals surface area contributed by atoms with Gasteiger partial charge in [-0.2, -0.15) is 9.97 Å². The molecule has 1 fully saturated rings. The summed E-state index contributed by atoms with van der Waals surface area (Å²) in [7, 11) is 3.06. The number of hydrogen-bond donors (Lipinski definition) is 1. The highest BCUT2D eigenvalue weighted by Gasteiger charge is 2.35.